The van der Waals surface area contributed by atoms with Crippen LogP contribution in [-0.2, 0) is 9.59 Å². The third-order valence-corrected chi connectivity index (χ3v) is 3.91. The molecule has 0 spiro atoms. The number of fused-ring (bicyclic) bond motifs is 1. The Morgan fingerprint density at radius 2 is 1.91 bits per heavy atom. The predicted octanol–water partition coefficient (Wildman–Crippen LogP) is 2.48. The van der Waals surface area contributed by atoms with Crippen molar-refractivity contribution >= 4 is 28.9 Å². The van der Waals surface area contributed by atoms with Gasteiger partial charge in [0, 0.05) is 18.1 Å². The molecule has 2 atom stereocenters. The Labute approximate surface area is 134 Å². The highest BCUT2D eigenvalue weighted by atomic mass is 16.2. The summed E-state index contributed by atoms with van der Waals surface area (Å²) in [4.78, 5) is 28.8. The number of anilines is 3. The molecule has 118 valence electrons. The van der Waals surface area contributed by atoms with Gasteiger partial charge in [0.15, 0.2) is 0 Å². The van der Waals surface area contributed by atoms with Gasteiger partial charge < -0.3 is 16.0 Å². The highest BCUT2D eigenvalue weighted by Crippen LogP contribution is 2.29. The summed E-state index contributed by atoms with van der Waals surface area (Å²) in [5.74, 6) is -0.859. The highest BCUT2D eigenvalue weighted by Gasteiger charge is 2.35. The highest BCUT2D eigenvalue weighted by molar-refractivity contribution is 6.07. The van der Waals surface area contributed by atoms with E-state index in [1.165, 1.54) is 0 Å². The first-order valence-corrected chi connectivity index (χ1v) is 7.56. The molecule has 3 rings (SSSR count). The molecule has 0 saturated heterocycles. The second-order valence-corrected chi connectivity index (χ2v) is 5.40. The molecule has 2 amide bonds. The van der Waals surface area contributed by atoms with Crippen molar-refractivity contribution in [2.24, 2.45) is 5.92 Å². The van der Waals surface area contributed by atoms with E-state index in [4.69, 9.17) is 0 Å². The molecular formula is C17H18N4O2. The molecule has 23 heavy (non-hydrogen) atoms. The van der Waals surface area contributed by atoms with Crippen LogP contribution >= 0.6 is 0 Å². The van der Waals surface area contributed by atoms with Gasteiger partial charge >= 0.3 is 0 Å². The maximum atomic E-state index is 12.5. The van der Waals surface area contributed by atoms with E-state index in [1.54, 1.807) is 24.5 Å². The lowest BCUT2D eigenvalue weighted by Gasteiger charge is -2.31. The van der Waals surface area contributed by atoms with Crippen molar-refractivity contribution in [2.75, 3.05) is 16.0 Å². The maximum absolute atomic E-state index is 12.5. The lowest BCUT2D eigenvalue weighted by molar-refractivity contribution is -0.125. The average Bonchev–Trinajstić information content (AvgIpc) is 2.57. The summed E-state index contributed by atoms with van der Waals surface area (Å²) in [6.45, 7) is 1.90. The van der Waals surface area contributed by atoms with Crippen LogP contribution in [0.4, 0.5) is 17.1 Å². The molecule has 1 aromatic carbocycles. The van der Waals surface area contributed by atoms with E-state index in [2.05, 4.69) is 20.9 Å². The zero-order chi connectivity index (χ0) is 16.2. The van der Waals surface area contributed by atoms with Crippen LogP contribution in [-0.4, -0.2) is 22.8 Å². The second-order valence-electron chi connectivity index (χ2n) is 5.40. The topological polar surface area (TPSA) is 83.1 Å². The Balaban J connectivity index is 1.78. The standard InChI is InChI=1S/C17H18N4O2/c1-2-12(16(22)19-11-7-9-18-10-8-11)15-17(23)21-14-6-4-3-5-13(14)20-15/h3-10,12,15,20H,2H2,1H3,(H,21,23)(H,18,19,22). The SMILES string of the molecule is CCC(C(=O)Nc1ccncc1)C1Nc2ccccc2NC1=O. The normalized spacial score (nSPS) is 17.4. The number of carbonyl (C=O) groups is 2. The Morgan fingerprint density at radius 3 is 2.61 bits per heavy atom. The first kappa shape index (κ1) is 15.0. The number of rotatable bonds is 4. The number of aromatic nitrogens is 1. The molecule has 0 fully saturated rings. The van der Waals surface area contributed by atoms with E-state index in [-0.39, 0.29) is 11.8 Å². The monoisotopic (exact) mass is 310 g/mol. The fraction of sp³-hybridized carbons (Fsp3) is 0.235. The van der Waals surface area contributed by atoms with Gasteiger partial charge in [-0.25, -0.2) is 0 Å². The number of nitrogens with one attached hydrogen (secondary N) is 3. The smallest absolute Gasteiger partial charge is 0.247 e. The third kappa shape index (κ3) is 3.15. The summed E-state index contributed by atoms with van der Waals surface area (Å²) in [5.41, 5.74) is 2.23. The van der Waals surface area contributed by atoms with Gasteiger partial charge in [0.05, 0.1) is 17.3 Å². The molecular weight excluding hydrogens is 292 g/mol. The molecule has 1 aromatic heterocycles. The minimum absolute atomic E-state index is 0.189. The minimum Gasteiger partial charge on any atom is -0.371 e. The van der Waals surface area contributed by atoms with Crippen molar-refractivity contribution in [3.05, 3.63) is 48.8 Å². The van der Waals surface area contributed by atoms with Gasteiger partial charge in [-0.3, -0.25) is 14.6 Å². The van der Waals surface area contributed by atoms with Crippen molar-refractivity contribution in [2.45, 2.75) is 19.4 Å². The van der Waals surface area contributed by atoms with Gasteiger partial charge in [-0.05, 0) is 30.7 Å². The van der Waals surface area contributed by atoms with Gasteiger partial charge in [0.2, 0.25) is 11.8 Å². The van der Waals surface area contributed by atoms with Crippen LogP contribution in [0.25, 0.3) is 0 Å². The summed E-state index contributed by atoms with van der Waals surface area (Å²) in [6, 6.07) is 10.3. The van der Waals surface area contributed by atoms with Crippen LogP contribution in [0, 0.1) is 5.92 Å². The zero-order valence-corrected chi connectivity index (χ0v) is 12.7. The number of carbonyl (C=O) groups excluding carboxylic acids is 2. The number of benzene rings is 1. The lowest BCUT2D eigenvalue weighted by atomic mass is 9.93. The van der Waals surface area contributed by atoms with Crippen LogP contribution in [0.5, 0.6) is 0 Å². The van der Waals surface area contributed by atoms with Crippen molar-refractivity contribution in [1.29, 1.82) is 0 Å². The summed E-state index contributed by atoms with van der Waals surface area (Å²) < 4.78 is 0. The van der Waals surface area contributed by atoms with Gasteiger partial charge in [-0.15, -0.1) is 0 Å². The first-order valence-electron chi connectivity index (χ1n) is 7.56. The molecule has 0 radical (unpaired) electrons. The molecule has 1 aliphatic rings. The number of pyridine rings is 1. The maximum Gasteiger partial charge on any atom is 0.247 e. The Morgan fingerprint density at radius 1 is 1.22 bits per heavy atom. The van der Waals surface area contributed by atoms with Gasteiger partial charge in [-0.1, -0.05) is 19.1 Å². The molecule has 3 N–H and O–H groups in total. The van der Waals surface area contributed by atoms with E-state index in [0.717, 1.165) is 11.4 Å². The van der Waals surface area contributed by atoms with E-state index >= 15 is 0 Å². The fourth-order valence-electron chi connectivity index (χ4n) is 2.69. The molecule has 1 aliphatic heterocycles. The van der Waals surface area contributed by atoms with Crippen molar-refractivity contribution in [3.63, 3.8) is 0 Å². The summed E-state index contributed by atoms with van der Waals surface area (Å²) >= 11 is 0. The zero-order valence-electron chi connectivity index (χ0n) is 12.7. The van der Waals surface area contributed by atoms with E-state index in [9.17, 15) is 9.59 Å². The molecule has 2 aromatic rings. The second kappa shape index (κ2) is 6.48. The van der Waals surface area contributed by atoms with E-state index in [0.29, 0.717) is 12.1 Å². The Kier molecular flexibility index (Phi) is 4.23. The molecule has 0 saturated carbocycles. The average molecular weight is 310 g/mol. The lowest BCUT2D eigenvalue weighted by Crippen LogP contribution is -2.48. The molecule has 2 heterocycles. The number of hydrogen-bond acceptors (Lipinski definition) is 4. The van der Waals surface area contributed by atoms with Crippen LogP contribution in [0.2, 0.25) is 0 Å². The molecule has 0 bridgehead atoms. The molecule has 2 unspecified atom stereocenters. The van der Waals surface area contributed by atoms with Gasteiger partial charge in [-0.2, -0.15) is 0 Å². The Hall–Kier alpha value is -2.89. The van der Waals surface area contributed by atoms with Crippen LogP contribution in [0.1, 0.15) is 13.3 Å². The van der Waals surface area contributed by atoms with Crippen molar-refractivity contribution in [3.8, 4) is 0 Å². The third-order valence-electron chi connectivity index (χ3n) is 3.91. The fourth-order valence-corrected chi connectivity index (χ4v) is 2.69. The predicted molar refractivity (Wildman–Crippen MR) is 89.1 cm³/mol. The number of amides is 2. The minimum atomic E-state index is -0.600. The summed E-state index contributed by atoms with van der Waals surface area (Å²) in [6.07, 6.45) is 3.76. The van der Waals surface area contributed by atoms with Crippen molar-refractivity contribution in [1.82, 2.24) is 4.98 Å². The summed E-state index contributed by atoms with van der Waals surface area (Å²) in [5, 5.41) is 8.87. The van der Waals surface area contributed by atoms with E-state index < -0.39 is 12.0 Å². The quantitative estimate of drug-likeness (QED) is 0.810. The van der Waals surface area contributed by atoms with Crippen LogP contribution in [0.3, 0.4) is 0 Å². The molecule has 6 heteroatoms. The number of hydrogen-bond donors (Lipinski definition) is 3. The van der Waals surface area contributed by atoms with Gasteiger partial charge in [0.25, 0.3) is 0 Å². The van der Waals surface area contributed by atoms with Crippen LogP contribution < -0.4 is 16.0 Å². The first-order chi connectivity index (χ1) is 11.2. The molecule has 0 aliphatic carbocycles. The summed E-state index contributed by atoms with van der Waals surface area (Å²) in [7, 11) is 0. The molecule has 6 nitrogen and oxygen atoms in total. The van der Waals surface area contributed by atoms with Crippen LogP contribution in [0.15, 0.2) is 48.8 Å². The van der Waals surface area contributed by atoms with E-state index in [1.807, 2.05) is 31.2 Å². The van der Waals surface area contributed by atoms with Crippen molar-refractivity contribution < 1.29 is 9.59 Å². The number of para-hydroxylation sites is 2. The van der Waals surface area contributed by atoms with Gasteiger partial charge in [0.1, 0.15) is 6.04 Å². The Bertz CT molecular complexity index is 718. The number of nitrogens with zero attached hydrogens (tertiary/aromatic N) is 1. The largest absolute Gasteiger partial charge is 0.371 e.